The van der Waals surface area contributed by atoms with Gasteiger partial charge in [0, 0.05) is 5.92 Å². The topological polar surface area (TPSA) is 39.4 Å². The normalized spacial score (nSPS) is 17.2. The molecule has 0 unspecified atom stereocenters. The summed E-state index contributed by atoms with van der Waals surface area (Å²) in [7, 11) is 1.67. The Morgan fingerprint density at radius 1 is 1.28 bits per heavy atom. The third-order valence-corrected chi connectivity index (χ3v) is 3.82. The molecular weight excluding hydrogens is 250 g/mol. The van der Waals surface area contributed by atoms with Crippen LogP contribution in [0.3, 0.4) is 0 Å². The number of hydrogen-bond acceptors (Lipinski definition) is 3. The fraction of sp³-hybridized carbons (Fsp3) is 0.538. The molecule has 0 aliphatic heterocycles. The molecule has 0 N–H and O–H groups in total. The van der Waals surface area contributed by atoms with Gasteiger partial charge in [-0.3, -0.25) is 0 Å². The standard InChI is InChI=1S/C13H16ClN3O/c1-18-13-12(9-5-3-2-4-6-9)15-11-8-7-10(14)16-17(11)13/h7-9H,2-6H2,1H3. The van der Waals surface area contributed by atoms with Crippen LogP contribution in [0.25, 0.3) is 5.65 Å². The highest BCUT2D eigenvalue weighted by atomic mass is 35.5. The van der Waals surface area contributed by atoms with Crippen molar-refractivity contribution in [3.8, 4) is 5.88 Å². The number of aromatic nitrogens is 3. The van der Waals surface area contributed by atoms with Gasteiger partial charge in [0.2, 0.25) is 5.88 Å². The maximum absolute atomic E-state index is 5.93. The van der Waals surface area contributed by atoms with Crippen LogP contribution in [-0.4, -0.2) is 21.7 Å². The molecule has 2 aromatic heterocycles. The lowest BCUT2D eigenvalue weighted by atomic mass is 9.87. The van der Waals surface area contributed by atoms with Crippen molar-refractivity contribution in [2.24, 2.45) is 0 Å². The zero-order valence-electron chi connectivity index (χ0n) is 10.4. The van der Waals surface area contributed by atoms with E-state index in [9.17, 15) is 0 Å². The molecule has 0 aromatic carbocycles. The van der Waals surface area contributed by atoms with E-state index in [1.165, 1.54) is 32.1 Å². The molecule has 0 spiro atoms. The first-order valence-corrected chi connectivity index (χ1v) is 6.76. The van der Waals surface area contributed by atoms with Gasteiger partial charge in [0.25, 0.3) is 0 Å². The quantitative estimate of drug-likeness (QED) is 0.835. The number of fused-ring (bicyclic) bond motifs is 1. The summed E-state index contributed by atoms with van der Waals surface area (Å²) in [4.78, 5) is 4.67. The summed E-state index contributed by atoms with van der Waals surface area (Å²) >= 11 is 5.93. The Balaban J connectivity index is 2.10. The van der Waals surface area contributed by atoms with Crippen molar-refractivity contribution in [2.45, 2.75) is 38.0 Å². The fourth-order valence-electron chi connectivity index (χ4n) is 2.74. The maximum Gasteiger partial charge on any atom is 0.238 e. The predicted octanol–water partition coefficient (Wildman–Crippen LogP) is 3.44. The molecule has 0 atom stereocenters. The average molecular weight is 266 g/mol. The van der Waals surface area contributed by atoms with Gasteiger partial charge in [-0.15, -0.1) is 0 Å². The van der Waals surface area contributed by atoms with Crippen LogP contribution in [0.2, 0.25) is 5.15 Å². The number of methoxy groups -OCH3 is 1. The summed E-state index contributed by atoms with van der Waals surface area (Å²) in [5.41, 5.74) is 1.84. The molecule has 1 fully saturated rings. The Bertz CT molecular complexity index is 561. The van der Waals surface area contributed by atoms with Gasteiger partial charge in [0.15, 0.2) is 5.65 Å². The van der Waals surface area contributed by atoms with Crippen molar-refractivity contribution in [3.63, 3.8) is 0 Å². The number of nitrogens with zero attached hydrogens (tertiary/aromatic N) is 3. The SMILES string of the molecule is COc1c(C2CCCCC2)nc2ccc(Cl)nn12. The van der Waals surface area contributed by atoms with Crippen LogP contribution in [0.4, 0.5) is 0 Å². The van der Waals surface area contributed by atoms with Gasteiger partial charge in [-0.2, -0.15) is 9.61 Å². The highest BCUT2D eigenvalue weighted by Crippen LogP contribution is 2.37. The third-order valence-electron chi connectivity index (χ3n) is 3.61. The summed E-state index contributed by atoms with van der Waals surface area (Å²) in [5, 5.41) is 4.71. The van der Waals surface area contributed by atoms with Crippen LogP contribution < -0.4 is 4.74 Å². The van der Waals surface area contributed by atoms with Crippen molar-refractivity contribution in [1.29, 1.82) is 0 Å². The molecule has 1 aliphatic carbocycles. The molecule has 1 aliphatic rings. The van der Waals surface area contributed by atoms with Crippen molar-refractivity contribution in [3.05, 3.63) is 23.0 Å². The average Bonchev–Trinajstić information content (AvgIpc) is 2.77. The number of rotatable bonds is 2. The van der Waals surface area contributed by atoms with Crippen LogP contribution in [-0.2, 0) is 0 Å². The van der Waals surface area contributed by atoms with Gasteiger partial charge >= 0.3 is 0 Å². The Morgan fingerprint density at radius 2 is 2.06 bits per heavy atom. The molecule has 3 rings (SSSR count). The van der Waals surface area contributed by atoms with E-state index in [1.54, 1.807) is 17.7 Å². The summed E-state index contributed by atoms with van der Waals surface area (Å²) in [5.74, 6) is 1.23. The molecule has 5 heteroatoms. The van der Waals surface area contributed by atoms with E-state index in [-0.39, 0.29) is 0 Å². The molecule has 0 bridgehead atoms. The van der Waals surface area contributed by atoms with Gasteiger partial charge in [0.1, 0.15) is 10.8 Å². The van der Waals surface area contributed by atoms with E-state index in [4.69, 9.17) is 16.3 Å². The van der Waals surface area contributed by atoms with Crippen LogP contribution in [0, 0.1) is 0 Å². The highest BCUT2D eigenvalue weighted by molar-refractivity contribution is 6.29. The van der Waals surface area contributed by atoms with Gasteiger partial charge in [-0.05, 0) is 25.0 Å². The van der Waals surface area contributed by atoms with Crippen LogP contribution in [0.5, 0.6) is 5.88 Å². The summed E-state index contributed by atoms with van der Waals surface area (Å²) in [6.07, 6.45) is 6.25. The van der Waals surface area contributed by atoms with Crippen LogP contribution in [0.1, 0.15) is 43.7 Å². The molecule has 2 heterocycles. The lowest BCUT2D eigenvalue weighted by Gasteiger charge is -2.20. The first-order chi connectivity index (χ1) is 8.79. The smallest absolute Gasteiger partial charge is 0.238 e. The molecule has 18 heavy (non-hydrogen) atoms. The molecule has 2 aromatic rings. The molecule has 0 amide bonds. The van der Waals surface area contributed by atoms with Crippen LogP contribution in [0.15, 0.2) is 12.1 Å². The third kappa shape index (κ3) is 1.94. The van der Waals surface area contributed by atoms with E-state index in [0.717, 1.165) is 17.2 Å². The maximum atomic E-state index is 5.93. The van der Waals surface area contributed by atoms with Crippen molar-refractivity contribution >= 4 is 17.2 Å². The second-order valence-corrected chi connectivity index (χ2v) is 5.15. The summed E-state index contributed by atoms with van der Waals surface area (Å²) in [6, 6.07) is 3.64. The predicted molar refractivity (Wildman–Crippen MR) is 70.4 cm³/mol. The van der Waals surface area contributed by atoms with Gasteiger partial charge in [-0.25, -0.2) is 4.98 Å². The lowest BCUT2D eigenvalue weighted by Crippen LogP contribution is -2.06. The fourth-order valence-corrected chi connectivity index (χ4v) is 2.88. The van der Waals surface area contributed by atoms with Crippen molar-refractivity contribution < 1.29 is 4.74 Å². The largest absolute Gasteiger partial charge is 0.480 e. The van der Waals surface area contributed by atoms with Crippen molar-refractivity contribution in [1.82, 2.24) is 14.6 Å². The van der Waals surface area contributed by atoms with E-state index >= 15 is 0 Å². The Kier molecular flexibility index (Phi) is 3.12. The first kappa shape index (κ1) is 11.8. The zero-order chi connectivity index (χ0) is 12.5. The van der Waals surface area contributed by atoms with Gasteiger partial charge in [0.05, 0.1) is 7.11 Å². The number of imidazole rings is 1. The van der Waals surface area contributed by atoms with Crippen molar-refractivity contribution in [2.75, 3.05) is 7.11 Å². The minimum absolute atomic E-state index is 0.452. The molecule has 96 valence electrons. The number of hydrogen-bond donors (Lipinski definition) is 0. The molecule has 0 saturated heterocycles. The second kappa shape index (κ2) is 4.76. The minimum Gasteiger partial charge on any atom is -0.480 e. The second-order valence-electron chi connectivity index (χ2n) is 4.77. The Hall–Kier alpha value is -1.29. The van der Waals surface area contributed by atoms with Gasteiger partial charge < -0.3 is 4.74 Å². The Labute approximate surface area is 111 Å². The molecule has 4 nitrogen and oxygen atoms in total. The summed E-state index contributed by atoms with van der Waals surface area (Å²) in [6.45, 7) is 0. The summed E-state index contributed by atoms with van der Waals surface area (Å²) < 4.78 is 7.19. The van der Waals surface area contributed by atoms with Gasteiger partial charge in [-0.1, -0.05) is 30.9 Å². The van der Waals surface area contributed by atoms with E-state index in [2.05, 4.69) is 10.1 Å². The van der Waals surface area contributed by atoms with E-state index < -0.39 is 0 Å². The Morgan fingerprint density at radius 3 is 2.78 bits per heavy atom. The molecule has 0 radical (unpaired) electrons. The number of halogens is 1. The zero-order valence-corrected chi connectivity index (χ0v) is 11.2. The molecular formula is C13H16ClN3O. The van der Waals surface area contributed by atoms with E-state index in [0.29, 0.717) is 11.1 Å². The number of ether oxygens (including phenoxy) is 1. The van der Waals surface area contributed by atoms with E-state index in [1.807, 2.05) is 6.07 Å². The molecule has 1 saturated carbocycles. The lowest BCUT2D eigenvalue weighted by molar-refractivity contribution is 0.364. The highest BCUT2D eigenvalue weighted by Gasteiger charge is 2.24. The minimum atomic E-state index is 0.452. The van der Waals surface area contributed by atoms with Crippen LogP contribution >= 0.6 is 11.6 Å². The first-order valence-electron chi connectivity index (χ1n) is 6.39. The monoisotopic (exact) mass is 265 g/mol.